The van der Waals surface area contributed by atoms with Crippen molar-refractivity contribution in [3.8, 4) is 11.5 Å². The van der Waals surface area contributed by atoms with Gasteiger partial charge < -0.3 is 14.8 Å². The zero-order valence-electron chi connectivity index (χ0n) is 12.8. The van der Waals surface area contributed by atoms with Crippen molar-refractivity contribution in [2.24, 2.45) is 0 Å². The molecule has 0 aliphatic rings. The van der Waals surface area contributed by atoms with E-state index in [-0.39, 0.29) is 11.8 Å². The van der Waals surface area contributed by atoms with Crippen molar-refractivity contribution in [1.29, 1.82) is 0 Å². The van der Waals surface area contributed by atoms with Crippen molar-refractivity contribution in [2.75, 3.05) is 32.8 Å². The highest BCUT2D eigenvalue weighted by Gasteiger charge is 2.23. The van der Waals surface area contributed by atoms with Crippen molar-refractivity contribution < 1.29 is 17.9 Å². The first-order chi connectivity index (χ1) is 9.84. The minimum atomic E-state index is -3.15. The van der Waals surface area contributed by atoms with Crippen LogP contribution in [0.15, 0.2) is 12.1 Å². The van der Waals surface area contributed by atoms with Gasteiger partial charge in [-0.2, -0.15) is 0 Å². The Balaban J connectivity index is 3.26. The molecule has 21 heavy (non-hydrogen) atoms. The summed E-state index contributed by atoms with van der Waals surface area (Å²) >= 11 is 6.24. The highest BCUT2D eigenvalue weighted by atomic mass is 35.5. The van der Waals surface area contributed by atoms with Crippen LogP contribution in [0.3, 0.4) is 0 Å². The Bertz CT molecular complexity index is 575. The van der Waals surface area contributed by atoms with Crippen LogP contribution in [0.2, 0.25) is 5.02 Å². The Morgan fingerprint density at radius 3 is 2.43 bits per heavy atom. The van der Waals surface area contributed by atoms with Crippen LogP contribution < -0.4 is 14.8 Å². The molecule has 0 aliphatic heterocycles. The number of hydrogen-bond donors (Lipinski definition) is 1. The lowest BCUT2D eigenvalue weighted by Gasteiger charge is -2.22. The quantitative estimate of drug-likeness (QED) is 0.790. The number of benzene rings is 1. The molecule has 0 bridgehead atoms. The van der Waals surface area contributed by atoms with E-state index < -0.39 is 9.84 Å². The van der Waals surface area contributed by atoms with E-state index in [2.05, 4.69) is 5.32 Å². The average molecular weight is 336 g/mol. The van der Waals surface area contributed by atoms with Crippen LogP contribution in [0.4, 0.5) is 0 Å². The Hall–Kier alpha value is -0.980. The van der Waals surface area contributed by atoms with Crippen molar-refractivity contribution in [2.45, 2.75) is 19.4 Å². The largest absolute Gasteiger partial charge is 0.495 e. The molecule has 1 unspecified atom stereocenters. The van der Waals surface area contributed by atoms with Gasteiger partial charge in [-0.25, -0.2) is 8.42 Å². The minimum absolute atomic E-state index is 0.0218. The highest BCUT2D eigenvalue weighted by molar-refractivity contribution is 7.90. The molecular weight excluding hydrogens is 314 g/mol. The third-order valence-electron chi connectivity index (χ3n) is 3.00. The van der Waals surface area contributed by atoms with Gasteiger partial charge in [0.1, 0.15) is 26.4 Å². The summed E-state index contributed by atoms with van der Waals surface area (Å²) in [5.41, 5.74) is 0.710. The lowest BCUT2D eigenvalue weighted by molar-refractivity contribution is 0.386. The van der Waals surface area contributed by atoms with Gasteiger partial charge in [-0.05, 0) is 25.1 Å². The van der Waals surface area contributed by atoms with Crippen LogP contribution in [-0.2, 0) is 9.84 Å². The van der Waals surface area contributed by atoms with Gasteiger partial charge in [-0.1, -0.05) is 18.5 Å². The van der Waals surface area contributed by atoms with E-state index in [4.69, 9.17) is 21.1 Å². The molecule has 0 radical (unpaired) electrons. The fourth-order valence-corrected chi connectivity index (χ4v) is 3.30. The fourth-order valence-electron chi connectivity index (χ4n) is 2.07. The van der Waals surface area contributed by atoms with E-state index in [1.165, 1.54) is 20.5 Å². The maximum atomic E-state index is 11.6. The summed E-state index contributed by atoms with van der Waals surface area (Å²) < 4.78 is 33.8. The maximum absolute atomic E-state index is 11.6. The standard InChI is InChI=1S/C14H22ClNO4S/c1-5-8-16-11(9-21(4,17)18)10-6-7-12(19-2)13(15)14(10)20-3/h6-7,11,16H,5,8-9H2,1-4H3. The van der Waals surface area contributed by atoms with Crippen LogP contribution in [-0.4, -0.2) is 41.2 Å². The van der Waals surface area contributed by atoms with Gasteiger partial charge in [-0.15, -0.1) is 0 Å². The van der Waals surface area contributed by atoms with Gasteiger partial charge in [-0.3, -0.25) is 0 Å². The number of nitrogens with one attached hydrogen (secondary N) is 1. The number of methoxy groups -OCH3 is 2. The second-order valence-electron chi connectivity index (χ2n) is 4.80. The molecule has 0 spiro atoms. The predicted octanol–water partition coefficient (Wildman–Crippen LogP) is 2.44. The second kappa shape index (κ2) is 7.87. The highest BCUT2D eigenvalue weighted by Crippen LogP contribution is 2.39. The lowest BCUT2D eigenvalue weighted by atomic mass is 10.1. The zero-order valence-corrected chi connectivity index (χ0v) is 14.3. The minimum Gasteiger partial charge on any atom is -0.495 e. The molecule has 120 valence electrons. The summed E-state index contributed by atoms with van der Waals surface area (Å²) in [6, 6.07) is 3.11. The van der Waals surface area contributed by atoms with Crippen molar-refractivity contribution >= 4 is 21.4 Å². The first-order valence-corrected chi connectivity index (χ1v) is 9.09. The summed E-state index contributed by atoms with van der Waals surface area (Å²) in [5, 5.41) is 3.56. The molecule has 0 amide bonds. The molecule has 1 rings (SSSR count). The van der Waals surface area contributed by atoms with E-state index in [1.54, 1.807) is 12.1 Å². The molecule has 7 heteroatoms. The molecule has 0 saturated heterocycles. The second-order valence-corrected chi connectivity index (χ2v) is 7.37. The number of ether oxygens (including phenoxy) is 2. The van der Waals surface area contributed by atoms with Crippen LogP contribution in [0.5, 0.6) is 11.5 Å². The molecule has 1 aromatic carbocycles. The van der Waals surface area contributed by atoms with Crippen LogP contribution in [0, 0.1) is 0 Å². The zero-order chi connectivity index (χ0) is 16.0. The van der Waals surface area contributed by atoms with Gasteiger partial charge in [0.05, 0.1) is 20.0 Å². The van der Waals surface area contributed by atoms with E-state index in [0.717, 1.165) is 6.42 Å². The third-order valence-corrected chi connectivity index (χ3v) is 4.30. The molecule has 0 aliphatic carbocycles. The molecule has 0 heterocycles. The number of rotatable bonds is 8. The number of hydrogen-bond acceptors (Lipinski definition) is 5. The van der Waals surface area contributed by atoms with Gasteiger partial charge in [0.25, 0.3) is 0 Å². The monoisotopic (exact) mass is 335 g/mol. The van der Waals surface area contributed by atoms with Crippen molar-refractivity contribution in [3.63, 3.8) is 0 Å². The van der Waals surface area contributed by atoms with Gasteiger partial charge in [0.15, 0.2) is 0 Å². The van der Waals surface area contributed by atoms with Crippen molar-refractivity contribution in [1.82, 2.24) is 5.32 Å². The molecule has 1 atom stereocenters. The summed E-state index contributed by atoms with van der Waals surface area (Å²) in [5.74, 6) is 0.908. The van der Waals surface area contributed by atoms with Gasteiger partial charge in [0, 0.05) is 17.9 Å². The molecular formula is C14H22ClNO4S. The maximum Gasteiger partial charge on any atom is 0.149 e. The first-order valence-electron chi connectivity index (χ1n) is 6.65. The molecule has 1 N–H and O–H groups in total. The molecule has 1 aromatic rings. The molecule has 0 fully saturated rings. The van der Waals surface area contributed by atoms with Crippen LogP contribution in [0.25, 0.3) is 0 Å². The Morgan fingerprint density at radius 2 is 1.95 bits per heavy atom. The topological polar surface area (TPSA) is 64.6 Å². The van der Waals surface area contributed by atoms with Crippen molar-refractivity contribution in [3.05, 3.63) is 22.7 Å². The Morgan fingerprint density at radius 1 is 1.29 bits per heavy atom. The van der Waals surface area contributed by atoms with E-state index in [1.807, 2.05) is 6.92 Å². The first kappa shape index (κ1) is 18.1. The third kappa shape index (κ3) is 5.05. The lowest BCUT2D eigenvalue weighted by Crippen LogP contribution is -2.29. The predicted molar refractivity (Wildman–Crippen MR) is 85.3 cm³/mol. The summed E-state index contributed by atoms with van der Waals surface area (Å²) in [6.45, 7) is 2.72. The fraction of sp³-hybridized carbons (Fsp3) is 0.571. The normalized spacial score (nSPS) is 13.0. The number of halogens is 1. The van der Waals surface area contributed by atoms with E-state index >= 15 is 0 Å². The number of sulfone groups is 1. The van der Waals surface area contributed by atoms with E-state index in [9.17, 15) is 8.42 Å². The smallest absolute Gasteiger partial charge is 0.149 e. The van der Waals surface area contributed by atoms with Gasteiger partial charge in [0.2, 0.25) is 0 Å². The Labute approximate surface area is 131 Å². The van der Waals surface area contributed by atoms with Crippen LogP contribution in [0.1, 0.15) is 24.9 Å². The summed E-state index contributed by atoms with van der Waals surface area (Å²) in [4.78, 5) is 0. The molecule has 0 saturated carbocycles. The molecule has 0 aromatic heterocycles. The van der Waals surface area contributed by atoms with Crippen LogP contribution >= 0.6 is 11.6 Å². The van der Waals surface area contributed by atoms with Gasteiger partial charge >= 0.3 is 0 Å². The summed E-state index contributed by atoms with van der Waals surface area (Å²) in [6.07, 6.45) is 2.11. The van der Waals surface area contributed by atoms with E-state index in [0.29, 0.717) is 28.6 Å². The SMILES string of the molecule is CCCNC(CS(C)(=O)=O)c1ccc(OC)c(Cl)c1OC. The average Bonchev–Trinajstić information content (AvgIpc) is 2.41. The Kier molecular flexibility index (Phi) is 6.77. The molecule has 5 nitrogen and oxygen atoms in total. The summed E-state index contributed by atoms with van der Waals surface area (Å²) in [7, 11) is -0.129.